The lowest BCUT2D eigenvalue weighted by atomic mass is 9.79. The summed E-state index contributed by atoms with van der Waals surface area (Å²) in [6, 6.07) is 45.7. The van der Waals surface area contributed by atoms with Crippen molar-refractivity contribution in [2.24, 2.45) is 0 Å². The average molecular weight is 474 g/mol. The van der Waals surface area contributed by atoms with E-state index in [1.165, 1.54) is 44.2 Å². The Morgan fingerprint density at radius 3 is 1.76 bits per heavy atom. The Balaban J connectivity index is 1.59. The lowest BCUT2D eigenvalue weighted by molar-refractivity contribution is 0.666. The van der Waals surface area contributed by atoms with Crippen LogP contribution in [0.15, 0.2) is 127 Å². The van der Waals surface area contributed by atoms with Crippen LogP contribution in [0.25, 0.3) is 55.5 Å². The summed E-state index contributed by atoms with van der Waals surface area (Å²) in [4.78, 5) is 5.13. The number of aromatic nitrogens is 1. The molecule has 0 bridgehead atoms. The van der Waals surface area contributed by atoms with Crippen molar-refractivity contribution < 1.29 is 0 Å². The van der Waals surface area contributed by atoms with Gasteiger partial charge in [-0.25, -0.2) is 4.98 Å². The van der Waals surface area contributed by atoms with Crippen molar-refractivity contribution in [2.75, 3.05) is 0 Å². The van der Waals surface area contributed by atoms with Crippen LogP contribution in [0, 0.1) is 0 Å². The molecule has 1 nitrogen and oxygen atoms in total. The average Bonchev–Trinajstić information content (AvgIpc) is 3.21. The van der Waals surface area contributed by atoms with Gasteiger partial charge in [0.25, 0.3) is 0 Å². The number of benzene rings is 5. The highest BCUT2D eigenvalue weighted by Gasteiger charge is 2.38. The van der Waals surface area contributed by atoms with Gasteiger partial charge in [-0.05, 0) is 62.4 Å². The number of hydrogen-bond donors (Lipinski definition) is 0. The highest BCUT2D eigenvalue weighted by Crippen LogP contribution is 2.55. The first kappa shape index (κ1) is 21.8. The molecule has 7 rings (SSSR count). The smallest absolute Gasteiger partial charge is 0.0715 e. The van der Waals surface area contributed by atoms with E-state index in [9.17, 15) is 0 Å². The molecule has 0 fully saturated rings. The Hall–Kier alpha value is -4.49. The quantitative estimate of drug-likeness (QED) is 0.249. The zero-order chi connectivity index (χ0) is 25.0. The van der Waals surface area contributed by atoms with Gasteiger partial charge in [0.15, 0.2) is 0 Å². The molecule has 1 aliphatic rings. The second-order valence-electron chi connectivity index (χ2n) is 10.4. The van der Waals surface area contributed by atoms with E-state index in [-0.39, 0.29) is 5.41 Å². The van der Waals surface area contributed by atoms with Crippen LogP contribution in [0.2, 0.25) is 0 Å². The standard InChI is InChI=1S/C36H27N/c1-36(2)31-20-12-11-19-29(31)34-30(21-26-17-9-10-18-28(26)35(34)36)27-22-32(24-13-5-3-6-14-24)37-33(23-27)25-15-7-4-8-16-25/h3-23H,1-2H3. The van der Waals surface area contributed by atoms with E-state index >= 15 is 0 Å². The molecule has 0 radical (unpaired) electrons. The maximum Gasteiger partial charge on any atom is 0.0715 e. The SMILES string of the molecule is CC1(C)c2ccccc2-c2c(-c3cc(-c4ccccc4)nc(-c4ccccc4)c3)cc3ccccc3c21. The van der Waals surface area contributed by atoms with E-state index in [0.29, 0.717) is 0 Å². The summed E-state index contributed by atoms with van der Waals surface area (Å²) < 4.78 is 0. The summed E-state index contributed by atoms with van der Waals surface area (Å²) >= 11 is 0. The Morgan fingerprint density at radius 1 is 0.514 bits per heavy atom. The summed E-state index contributed by atoms with van der Waals surface area (Å²) in [6.07, 6.45) is 0. The highest BCUT2D eigenvalue weighted by atomic mass is 14.7. The number of nitrogens with zero attached hydrogens (tertiary/aromatic N) is 1. The van der Waals surface area contributed by atoms with Gasteiger partial charge in [-0.1, -0.05) is 123 Å². The van der Waals surface area contributed by atoms with E-state index in [0.717, 1.165) is 22.5 Å². The van der Waals surface area contributed by atoms with Crippen molar-refractivity contribution >= 4 is 10.8 Å². The molecule has 1 heteroatoms. The molecule has 0 saturated heterocycles. The van der Waals surface area contributed by atoms with Gasteiger partial charge in [0.1, 0.15) is 0 Å². The van der Waals surface area contributed by atoms with E-state index in [1.807, 2.05) is 0 Å². The molecular formula is C36H27N. The minimum Gasteiger partial charge on any atom is -0.248 e. The lowest BCUT2D eigenvalue weighted by Gasteiger charge is -2.24. The first-order valence-electron chi connectivity index (χ1n) is 12.9. The van der Waals surface area contributed by atoms with Crippen LogP contribution in [0.5, 0.6) is 0 Å². The van der Waals surface area contributed by atoms with Gasteiger partial charge in [-0.15, -0.1) is 0 Å². The van der Waals surface area contributed by atoms with Crippen LogP contribution in [-0.4, -0.2) is 4.98 Å². The predicted octanol–water partition coefficient (Wildman–Crippen LogP) is 9.54. The van der Waals surface area contributed by atoms with Crippen LogP contribution in [0.4, 0.5) is 0 Å². The van der Waals surface area contributed by atoms with E-state index in [2.05, 4.69) is 141 Å². The van der Waals surface area contributed by atoms with Gasteiger partial charge in [0, 0.05) is 16.5 Å². The minimum absolute atomic E-state index is 0.0842. The van der Waals surface area contributed by atoms with Gasteiger partial charge in [0.05, 0.1) is 11.4 Å². The fraction of sp³-hybridized carbons (Fsp3) is 0.0833. The van der Waals surface area contributed by atoms with Crippen molar-refractivity contribution in [2.45, 2.75) is 19.3 Å². The minimum atomic E-state index is -0.0842. The van der Waals surface area contributed by atoms with Crippen molar-refractivity contribution in [3.05, 3.63) is 139 Å². The molecule has 0 amide bonds. The van der Waals surface area contributed by atoms with E-state index < -0.39 is 0 Å². The molecule has 0 spiro atoms. The summed E-state index contributed by atoms with van der Waals surface area (Å²) in [6.45, 7) is 4.73. The summed E-state index contributed by atoms with van der Waals surface area (Å²) in [5, 5.41) is 2.61. The zero-order valence-electron chi connectivity index (χ0n) is 21.1. The molecule has 0 aliphatic heterocycles. The first-order chi connectivity index (χ1) is 18.1. The molecule has 176 valence electrons. The third kappa shape index (κ3) is 3.42. The zero-order valence-corrected chi connectivity index (χ0v) is 21.1. The molecule has 1 heterocycles. The van der Waals surface area contributed by atoms with Crippen molar-refractivity contribution in [3.63, 3.8) is 0 Å². The molecule has 1 aromatic heterocycles. The third-order valence-corrected chi connectivity index (χ3v) is 7.82. The summed E-state index contributed by atoms with van der Waals surface area (Å²) in [5.74, 6) is 0. The fourth-order valence-corrected chi connectivity index (χ4v) is 6.08. The molecule has 0 N–H and O–H groups in total. The molecule has 6 aromatic rings. The molecule has 0 saturated carbocycles. The van der Waals surface area contributed by atoms with Crippen LogP contribution < -0.4 is 0 Å². The van der Waals surface area contributed by atoms with Crippen LogP contribution in [-0.2, 0) is 5.41 Å². The predicted molar refractivity (Wildman–Crippen MR) is 156 cm³/mol. The molecule has 37 heavy (non-hydrogen) atoms. The Morgan fingerprint density at radius 2 is 1.08 bits per heavy atom. The third-order valence-electron chi connectivity index (χ3n) is 7.82. The van der Waals surface area contributed by atoms with Crippen LogP contribution >= 0.6 is 0 Å². The van der Waals surface area contributed by atoms with Crippen LogP contribution in [0.1, 0.15) is 25.0 Å². The Bertz CT molecular complexity index is 1720. The van der Waals surface area contributed by atoms with Gasteiger partial charge in [-0.3, -0.25) is 0 Å². The van der Waals surface area contributed by atoms with Crippen molar-refractivity contribution in [1.82, 2.24) is 4.98 Å². The van der Waals surface area contributed by atoms with E-state index in [4.69, 9.17) is 4.98 Å². The summed E-state index contributed by atoms with van der Waals surface area (Å²) in [5.41, 5.74) is 12.1. The lowest BCUT2D eigenvalue weighted by Crippen LogP contribution is -2.15. The topological polar surface area (TPSA) is 12.9 Å². The molecule has 0 atom stereocenters. The highest BCUT2D eigenvalue weighted by molar-refractivity contribution is 6.05. The summed E-state index contributed by atoms with van der Waals surface area (Å²) in [7, 11) is 0. The first-order valence-corrected chi connectivity index (χ1v) is 12.9. The number of rotatable bonds is 3. The Labute approximate surface area is 218 Å². The van der Waals surface area contributed by atoms with Gasteiger partial charge >= 0.3 is 0 Å². The second-order valence-corrected chi connectivity index (χ2v) is 10.4. The number of fused-ring (bicyclic) bond motifs is 5. The molecule has 1 aliphatic carbocycles. The van der Waals surface area contributed by atoms with Gasteiger partial charge in [0.2, 0.25) is 0 Å². The monoisotopic (exact) mass is 473 g/mol. The maximum atomic E-state index is 5.13. The van der Waals surface area contributed by atoms with Gasteiger partial charge in [-0.2, -0.15) is 0 Å². The van der Waals surface area contributed by atoms with Crippen molar-refractivity contribution in [1.29, 1.82) is 0 Å². The number of pyridine rings is 1. The maximum absolute atomic E-state index is 5.13. The Kier molecular flexibility index (Phi) is 4.87. The molecular weight excluding hydrogens is 446 g/mol. The van der Waals surface area contributed by atoms with Crippen molar-refractivity contribution in [3.8, 4) is 44.8 Å². The fourth-order valence-electron chi connectivity index (χ4n) is 6.08. The largest absolute Gasteiger partial charge is 0.248 e. The normalized spacial score (nSPS) is 13.4. The van der Waals surface area contributed by atoms with Crippen LogP contribution in [0.3, 0.4) is 0 Å². The second kappa shape index (κ2) is 8.28. The van der Waals surface area contributed by atoms with E-state index in [1.54, 1.807) is 0 Å². The molecule has 5 aromatic carbocycles. The van der Waals surface area contributed by atoms with Gasteiger partial charge < -0.3 is 0 Å². The number of hydrogen-bond acceptors (Lipinski definition) is 1. The molecule has 0 unspecified atom stereocenters.